The maximum atomic E-state index is 12.9. The number of ether oxygens (including phenoxy) is 5. The molecule has 0 bridgehead atoms. The van der Waals surface area contributed by atoms with E-state index >= 15 is 0 Å². The third-order valence-electron chi connectivity index (χ3n) is 15.9. The van der Waals surface area contributed by atoms with Crippen molar-refractivity contribution < 1.29 is 115 Å². The van der Waals surface area contributed by atoms with Gasteiger partial charge >= 0.3 is 46.3 Å². The second-order valence-corrected chi connectivity index (χ2v) is 28.9. The number of aliphatic hydroxyl groups excluding tert-OH is 2. The molecular formula is C75H92F4O20S4. The molecule has 0 saturated heterocycles. The van der Waals surface area contributed by atoms with Crippen LogP contribution < -0.4 is 10.5 Å². The van der Waals surface area contributed by atoms with E-state index in [1.807, 2.05) is 0 Å². The summed E-state index contributed by atoms with van der Waals surface area (Å²) in [5.41, 5.74) is 0. The van der Waals surface area contributed by atoms with Gasteiger partial charge in [0.2, 0.25) is 0 Å². The minimum Gasteiger partial charge on any atom is -0.691 e. The second kappa shape index (κ2) is 52.8. The molecule has 564 valence electrons. The van der Waals surface area contributed by atoms with Gasteiger partial charge in [0.1, 0.15) is 50.5 Å². The van der Waals surface area contributed by atoms with Crippen molar-refractivity contribution in [1.29, 1.82) is 0 Å². The number of halogens is 4. The minimum absolute atomic E-state index is 0.0146. The SMILES string of the molecule is COC(=O)C(F)(F)SOO[O-].O=C(O)C1CCCCC1.O=C(OCCO)C1CCCCC1.O=C(OCCO)C1CCCCC1.O=C(OCCOC(=O)C(F)(F)SOO[O-])C1CCCCC1.c1ccc([S+](c2ccccc2)c2ccccc2)cc1.c1ccc([S+](c2ccccc2)c2ccccc2)cc1. The van der Waals surface area contributed by atoms with Gasteiger partial charge in [-0.3, -0.25) is 29.3 Å². The van der Waals surface area contributed by atoms with Crippen LogP contribution in [0.5, 0.6) is 0 Å². The number of aliphatic hydroxyl groups is 2. The lowest BCUT2D eigenvalue weighted by Crippen LogP contribution is -2.29. The van der Waals surface area contributed by atoms with E-state index in [0.29, 0.717) is 0 Å². The van der Waals surface area contributed by atoms with Crippen LogP contribution in [0.2, 0.25) is 0 Å². The molecule has 28 heteroatoms. The molecule has 4 aliphatic carbocycles. The number of hydrogen-bond donors (Lipinski definition) is 3. The zero-order valence-electron chi connectivity index (χ0n) is 57.4. The number of aliphatic carboxylic acids is 1. The normalized spacial score (nSPS) is 14.8. The molecule has 6 aromatic rings. The molecule has 6 aromatic carbocycles. The Hall–Kier alpha value is -7.06. The van der Waals surface area contributed by atoms with E-state index in [-0.39, 0.29) is 90.4 Å². The van der Waals surface area contributed by atoms with Crippen LogP contribution in [-0.4, -0.2) is 108 Å². The first-order valence-electron chi connectivity index (χ1n) is 33.9. The number of benzene rings is 6. The summed E-state index contributed by atoms with van der Waals surface area (Å²) in [5.74, 6) is -4.99. The van der Waals surface area contributed by atoms with E-state index in [1.54, 1.807) is 0 Å². The molecule has 0 unspecified atom stereocenters. The number of alkyl halides is 4. The number of hydrogen-bond acceptors (Lipinski definition) is 21. The molecule has 3 N–H and O–H groups in total. The summed E-state index contributed by atoms with van der Waals surface area (Å²) in [7, 11) is 0.743. The van der Waals surface area contributed by atoms with Gasteiger partial charge in [-0.25, -0.2) is 9.59 Å². The van der Waals surface area contributed by atoms with Crippen LogP contribution in [0, 0.1) is 23.7 Å². The summed E-state index contributed by atoms with van der Waals surface area (Å²) < 4.78 is 79.2. The fourth-order valence-corrected chi connectivity index (χ4v) is 15.5. The molecule has 0 spiro atoms. The Morgan fingerprint density at radius 1 is 0.379 bits per heavy atom. The summed E-state index contributed by atoms with van der Waals surface area (Å²) in [6.45, 7) is -0.659. The molecule has 103 heavy (non-hydrogen) atoms. The maximum Gasteiger partial charge on any atom is 0.415 e. The summed E-state index contributed by atoms with van der Waals surface area (Å²) >= 11 is -1.51. The Kier molecular flexibility index (Phi) is 45.3. The molecule has 0 heterocycles. The first kappa shape index (κ1) is 88.3. The standard InChI is InChI=1S/2C18H15S.C11H16F2O7S.2C9H16O3.C7H12O2.C3H4F2O5S/c2*1-4-10-16(11-5-1)19(17-12-6-2-7-13-17)18-14-8-3-9-15-18;12-11(13,21-20-19-16)10(15)18-7-6-17-9(14)8-4-2-1-3-5-8;2*10-6-7-12-9(11)8-4-2-1-3-5-8;8-7(9)6-4-2-1-3-5-6;1-8-2(6)3(4,5)11-10-9-7/h2*1-15H;8,16H,1-7H2;2*8,10H,1-7H2;6H,1-5H2,(H,8,9);7H,1H3/q2*+1;;;;;/p-2. The molecule has 0 radical (unpaired) electrons. The number of carboxylic acids is 1. The van der Waals surface area contributed by atoms with Gasteiger partial charge in [-0.05, 0) is 124 Å². The smallest absolute Gasteiger partial charge is 0.415 e. The lowest BCUT2D eigenvalue weighted by molar-refractivity contribution is -0.777. The molecule has 0 aliphatic heterocycles. The van der Waals surface area contributed by atoms with Gasteiger partial charge in [0.05, 0.1) is 65.8 Å². The quantitative estimate of drug-likeness (QED) is 0.00701. The lowest BCUT2D eigenvalue weighted by Gasteiger charge is -2.20. The van der Waals surface area contributed by atoms with Crippen molar-refractivity contribution in [2.45, 2.75) is 168 Å². The van der Waals surface area contributed by atoms with Crippen molar-refractivity contribution >= 4 is 81.7 Å². The van der Waals surface area contributed by atoms with Crippen molar-refractivity contribution in [2.24, 2.45) is 23.7 Å². The number of carbonyl (C=O) groups is 6. The number of methoxy groups -OCH3 is 1. The van der Waals surface area contributed by atoms with Gasteiger partial charge in [0, 0.05) is 0 Å². The summed E-state index contributed by atoms with van der Waals surface area (Å²) in [5, 5.41) is 41.2. The van der Waals surface area contributed by atoms with Gasteiger partial charge in [-0.2, -0.15) is 26.2 Å². The van der Waals surface area contributed by atoms with Crippen LogP contribution in [0.4, 0.5) is 17.6 Å². The van der Waals surface area contributed by atoms with Crippen molar-refractivity contribution in [3.05, 3.63) is 182 Å². The highest BCUT2D eigenvalue weighted by molar-refractivity contribution is 7.97. The van der Waals surface area contributed by atoms with E-state index in [2.05, 4.69) is 210 Å². The van der Waals surface area contributed by atoms with Crippen molar-refractivity contribution in [3.63, 3.8) is 0 Å². The fourth-order valence-electron chi connectivity index (χ4n) is 10.8. The molecule has 4 saturated carbocycles. The van der Waals surface area contributed by atoms with Crippen LogP contribution in [0.15, 0.2) is 211 Å². The molecule has 20 nitrogen and oxygen atoms in total. The minimum atomic E-state index is -4.09. The largest absolute Gasteiger partial charge is 0.691 e. The molecule has 0 amide bonds. The number of esters is 5. The number of carbonyl (C=O) groups excluding carboxylic acids is 5. The van der Waals surface area contributed by atoms with Crippen molar-refractivity contribution in [3.8, 4) is 0 Å². The van der Waals surface area contributed by atoms with E-state index in [4.69, 9.17) is 34.8 Å². The predicted octanol–water partition coefficient (Wildman–Crippen LogP) is 14.2. The predicted molar refractivity (Wildman–Crippen MR) is 376 cm³/mol. The highest BCUT2D eigenvalue weighted by Crippen LogP contribution is 2.35. The van der Waals surface area contributed by atoms with Crippen LogP contribution in [0.3, 0.4) is 0 Å². The van der Waals surface area contributed by atoms with E-state index in [0.717, 1.165) is 116 Å². The van der Waals surface area contributed by atoms with Gasteiger partial charge in [0.25, 0.3) is 0 Å². The fraction of sp³-hybridized carbons (Fsp3) is 0.440. The average molecular weight is 1520 g/mol. The van der Waals surface area contributed by atoms with Crippen molar-refractivity contribution in [1.82, 2.24) is 0 Å². The van der Waals surface area contributed by atoms with E-state index in [9.17, 15) is 51.6 Å². The Balaban J connectivity index is 0.000000260. The van der Waals surface area contributed by atoms with Gasteiger partial charge in [0.15, 0.2) is 29.4 Å². The average Bonchev–Trinajstić information content (AvgIpc) is 0.826. The Labute approximate surface area is 613 Å². The molecule has 4 fully saturated rings. The summed E-state index contributed by atoms with van der Waals surface area (Å²) in [4.78, 5) is 73.6. The number of rotatable bonds is 25. The molecular weight excluding hydrogens is 1430 g/mol. The van der Waals surface area contributed by atoms with Crippen LogP contribution in [0.25, 0.3) is 0 Å². The third-order valence-corrected chi connectivity index (χ3v) is 21.3. The van der Waals surface area contributed by atoms with Crippen molar-refractivity contribution in [2.75, 3.05) is 46.8 Å². The molecule has 0 aromatic heterocycles. The molecule has 0 atom stereocenters. The Morgan fingerprint density at radius 2 is 0.612 bits per heavy atom. The number of carboxylic acid groups (broad SMARTS) is 1. The Bertz CT molecular complexity index is 2890. The van der Waals surface area contributed by atoms with Crippen LogP contribution >= 0.6 is 24.1 Å². The van der Waals surface area contributed by atoms with E-state index in [1.165, 1.54) is 48.6 Å². The molecule has 4 aliphatic rings. The third kappa shape index (κ3) is 35.5. The van der Waals surface area contributed by atoms with Crippen LogP contribution in [0.1, 0.15) is 128 Å². The Morgan fingerprint density at radius 3 is 0.835 bits per heavy atom. The van der Waals surface area contributed by atoms with Gasteiger partial charge < -0.3 is 49.5 Å². The molecule has 10 rings (SSSR count). The summed E-state index contributed by atoms with van der Waals surface area (Å²) in [6, 6.07) is 64.3. The maximum absolute atomic E-state index is 12.9. The highest BCUT2D eigenvalue weighted by atomic mass is 32.2. The monoisotopic (exact) mass is 1520 g/mol. The highest BCUT2D eigenvalue weighted by Gasteiger charge is 2.44. The zero-order chi connectivity index (χ0) is 74.8. The topological polar surface area (TPSA) is 292 Å². The van der Waals surface area contributed by atoms with Gasteiger partial charge in [-0.1, -0.05) is 186 Å². The van der Waals surface area contributed by atoms with E-state index < -0.39 is 65.1 Å². The summed E-state index contributed by atoms with van der Waals surface area (Å²) in [6.07, 6.45) is 20.6. The van der Waals surface area contributed by atoms with Crippen LogP contribution in [-0.2, 0) is 93.0 Å². The first-order valence-corrected chi connectivity index (χ1v) is 37.9. The zero-order valence-corrected chi connectivity index (χ0v) is 60.7. The lowest BCUT2D eigenvalue weighted by atomic mass is 9.89. The first-order chi connectivity index (χ1) is 49.9. The van der Waals surface area contributed by atoms with Gasteiger partial charge in [-0.15, -0.1) is 0 Å². The second-order valence-electron chi connectivity index (χ2n) is 23.2.